The van der Waals surface area contributed by atoms with Crippen LogP contribution in [0.15, 0.2) is 42.9 Å². The zero-order chi connectivity index (χ0) is 17.1. The van der Waals surface area contributed by atoms with Gasteiger partial charge in [-0.3, -0.25) is 24.7 Å². The molecule has 0 atom stereocenters. The van der Waals surface area contributed by atoms with Gasteiger partial charge in [-0.05, 0) is 17.7 Å². The Bertz CT molecular complexity index is 903. The molecule has 2 aromatic heterocycles. The van der Waals surface area contributed by atoms with Crippen LogP contribution in [-0.2, 0) is 6.54 Å². The molecule has 2 heterocycles. The van der Waals surface area contributed by atoms with Crippen molar-refractivity contribution in [2.24, 2.45) is 0 Å². The molecule has 0 aliphatic heterocycles. The second-order valence-electron chi connectivity index (χ2n) is 4.90. The summed E-state index contributed by atoms with van der Waals surface area (Å²) in [5.74, 6) is -0.665. The number of amides is 1. The molecule has 0 fully saturated rings. The largest absolute Gasteiger partial charge is 0.319 e. The van der Waals surface area contributed by atoms with Crippen molar-refractivity contribution in [1.82, 2.24) is 20.0 Å². The predicted molar refractivity (Wildman–Crippen MR) is 86.0 cm³/mol. The van der Waals surface area contributed by atoms with Crippen molar-refractivity contribution in [3.63, 3.8) is 0 Å². The van der Waals surface area contributed by atoms with Crippen molar-refractivity contribution in [1.29, 1.82) is 0 Å². The lowest BCUT2D eigenvalue weighted by molar-refractivity contribution is -0.385. The zero-order valence-electron chi connectivity index (χ0n) is 12.1. The number of aromatic amines is 1. The molecule has 1 aromatic carbocycles. The Morgan fingerprint density at radius 1 is 1.42 bits per heavy atom. The minimum Gasteiger partial charge on any atom is -0.318 e. The van der Waals surface area contributed by atoms with Gasteiger partial charge in [0, 0.05) is 11.2 Å². The van der Waals surface area contributed by atoms with E-state index in [4.69, 9.17) is 11.6 Å². The molecule has 0 saturated carbocycles. The highest BCUT2D eigenvalue weighted by molar-refractivity contribution is 6.30. The number of nitrogens with one attached hydrogen (secondary N) is 2. The van der Waals surface area contributed by atoms with E-state index in [9.17, 15) is 14.9 Å². The highest BCUT2D eigenvalue weighted by Crippen LogP contribution is 2.17. The zero-order valence-corrected chi connectivity index (χ0v) is 12.9. The summed E-state index contributed by atoms with van der Waals surface area (Å²) in [6.45, 7) is 0.473. The van der Waals surface area contributed by atoms with Crippen LogP contribution in [0.3, 0.4) is 0 Å². The van der Waals surface area contributed by atoms with Gasteiger partial charge in [-0.25, -0.2) is 0 Å². The molecule has 1 amide bonds. The van der Waals surface area contributed by atoms with Crippen molar-refractivity contribution >= 4 is 28.9 Å². The number of nitro groups is 1. The summed E-state index contributed by atoms with van der Waals surface area (Å²) in [7, 11) is 0. The number of halogens is 1. The average Bonchev–Trinajstić information content (AvgIpc) is 3.16. The summed E-state index contributed by atoms with van der Waals surface area (Å²) < 4.78 is 1.61. The van der Waals surface area contributed by atoms with Gasteiger partial charge in [-0.2, -0.15) is 10.2 Å². The minimum atomic E-state index is -0.680. The Morgan fingerprint density at radius 2 is 2.25 bits per heavy atom. The number of hydrogen-bond donors (Lipinski definition) is 2. The van der Waals surface area contributed by atoms with Crippen LogP contribution in [0.5, 0.6) is 0 Å². The van der Waals surface area contributed by atoms with Crippen LogP contribution >= 0.6 is 11.6 Å². The van der Waals surface area contributed by atoms with E-state index in [1.54, 1.807) is 16.9 Å². The molecule has 10 heteroatoms. The average molecular weight is 347 g/mol. The predicted octanol–water partition coefficient (Wildman–Crippen LogP) is 2.47. The number of hydrogen-bond acceptors (Lipinski definition) is 5. The lowest BCUT2D eigenvalue weighted by atomic mass is 10.2. The van der Waals surface area contributed by atoms with E-state index in [-0.39, 0.29) is 11.4 Å². The highest BCUT2D eigenvalue weighted by atomic mass is 35.5. The molecule has 0 aliphatic rings. The summed E-state index contributed by atoms with van der Waals surface area (Å²) in [5, 5.41) is 23.9. The smallest absolute Gasteiger partial charge is 0.318 e. The normalized spacial score (nSPS) is 10.5. The number of H-pyrrole nitrogens is 1. The van der Waals surface area contributed by atoms with Crippen molar-refractivity contribution < 1.29 is 9.72 Å². The van der Waals surface area contributed by atoms with E-state index in [0.717, 1.165) is 11.8 Å². The molecule has 3 rings (SSSR count). The van der Waals surface area contributed by atoms with Crippen LogP contribution in [0.4, 0.5) is 11.4 Å². The van der Waals surface area contributed by atoms with E-state index in [0.29, 0.717) is 17.3 Å². The van der Waals surface area contributed by atoms with Crippen molar-refractivity contribution in [3.05, 3.63) is 69.3 Å². The van der Waals surface area contributed by atoms with Gasteiger partial charge in [0.25, 0.3) is 5.91 Å². The van der Waals surface area contributed by atoms with Crippen LogP contribution in [0, 0.1) is 10.1 Å². The van der Waals surface area contributed by atoms with Crippen molar-refractivity contribution in [2.75, 3.05) is 5.32 Å². The van der Waals surface area contributed by atoms with Crippen LogP contribution < -0.4 is 5.32 Å². The van der Waals surface area contributed by atoms with E-state index >= 15 is 0 Å². The van der Waals surface area contributed by atoms with Gasteiger partial charge in [0.1, 0.15) is 6.20 Å². The quantitative estimate of drug-likeness (QED) is 0.543. The van der Waals surface area contributed by atoms with Gasteiger partial charge in [0.2, 0.25) is 5.69 Å². The summed E-state index contributed by atoms with van der Waals surface area (Å²) in [4.78, 5) is 22.2. The Hall–Kier alpha value is -3.20. The standard InChI is InChI=1S/C14H11ClN6O3/c15-10-3-1-2-9(4-10)7-20-8-11(5-17-20)18-14(22)13-12(21(23)24)6-16-19-13/h1-6,8H,7H2,(H,16,19)(H,18,22). The van der Waals surface area contributed by atoms with Crippen LogP contribution in [0.25, 0.3) is 0 Å². The molecule has 24 heavy (non-hydrogen) atoms. The Morgan fingerprint density at radius 3 is 3.00 bits per heavy atom. The third-order valence-corrected chi connectivity index (χ3v) is 3.40. The fourth-order valence-electron chi connectivity index (χ4n) is 2.12. The second-order valence-corrected chi connectivity index (χ2v) is 5.33. The number of carbonyl (C=O) groups excluding carboxylic acids is 1. The van der Waals surface area contributed by atoms with E-state index in [1.165, 1.54) is 6.20 Å². The summed E-state index contributed by atoms with van der Waals surface area (Å²) in [6, 6.07) is 7.33. The van der Waals surface area contributed by atoms with Gasteiger partial charge in [-0.1, -0.05) is 23.7 Å². The summed E-state index contributed by atoms with van der Waals surface area (Å²) in [6.07, 6.45) is 4.04. The Kier molecular flexibility index (Phi) is 4.25. The molecule has 0 bridgehead atoms. The van der Waals surface area contributed by atoms with Crippen LogP contribution in [0.2, 0.25) is 5.02 Å². The second kappa shape index (κ2) is 6.50. The van der Waals surface area contributed by atoms with Crippen molar-refractivity contribution in [3.8, 4) is 0 Å². The third kappa shape index (κ3) is 3.41. The lowest BCUT2D eigenvalue weighted by Gasteiger charge is -2.02. The van der Waals surface area contributed by atoms with Gasteiger partial charge in [0.05, 0.1) is 23.4 Å². The molecule has 2 N–H and O–H groups in total. The van der Waals surface area contributed by atoms with E-state index in [2.05, 4.69) is 20.6 Å². The van der Waals surface area contributed by atoms with Gasteiger partial charge in [0.15, 0.2) is 0 Å². The summed E-state index contributed by atoms with van der Waals surface area (Å²) >= 11 is 5.93. The number of anilines is 1. The topological polar surface area (TPSA) is 119 Å². The molecule has 122 valence electrons. The maximum absolute atomic E-state index is 12.1. The van der Waals surface area contributed by atoms with E-state index in [1.807, 2.05) is 18.2 Å². The summed E-state index contributed by atoms with van der Waals surface area (Å²) in [5.41, 5.74) is 0.750. The van der Waals surface area contributed by atoms with Crippen LogP contribution in [0.1, 0.15) is 16.1 Å². The SMILES string of the molecule is O=C(Nc1cnn(Cc2cccc(Cl)c2)c1)c1[nH]ncc1[N+](=O)[O-]. The first kappa shape index (κ1) is 15.7. The fraction of sp³-hybridized carbons (Fsp3) is 0.0714. The van der Waals surface area contributed by atoms with Gasteiger partial charge >= 0.3 is 5.69 Å². The first-order chi connectivity index (χ1) is 11.5. The monoisotopic (exact) mass is 346 g/mol. The highest BCUT2D eigenvalue weighted by Gasteiger charge is 2.23. The van der Waals surface area contributed by atoms with E-state index < -0.39 is 10.8 Å². The number of carbonyl (C=O) groups is 1. The molecule has 0 saturated heterocycles. The maximum Gasteiger partial charge on any atom is 0.319 e. The Balaban J connectivity index is 1.71. The molecule has 0 radical (unpaired) electrons. The lowest BCUT2D eigenvalue weighted by Crippen LogP contribution is -2.13. The number of rotatable bonds is 5. The van der Waals surface area contributed by atoms with Crippen LogP contribution in [-0.4, -0.2) is 30.8 Å². The van der Waals surface area contributed by atoms with Crippen molar-refractivity contribution in [2.45, 2.75) is 6.54 Å². The fourth-order valence-corrected chi connectivity index (χ4v) is 2.33. The third-order valence-electron chi connectivity index (χ3n) is 3.17. The number of aromatic nitrogens is 4. The molecule has 0 spiro atoms. The molecule has 3 aromatic rings. The molecule has 0 unspecified atom stereocenters. The molecule has 0 aliphatic carbocycles. The Labute approximate surface area is 140 Å². The first-order valence-corrected chi connectivity index (χ1v) is 7.17. The molecular weight excluding hydrogens is 336 g/mol. The molecule has 9 nitrogen and oxygen atoms in total. The number of benzene rings is 1. The minimum absolute atomic E-state index is 0.220. The van der Waals surface area contributed by atoms with Gasteiger partial charge in [-0.15, -0.1) is 0 Å². The number of nitrogens with zero attached hydrogens (tertiary/aromatic N) is 4. The molecular formula is C14H11ClN6O3. The first-order valence-electron chi connectivity index (χ1n) is 6.79. The van der Waals surface area contributed by atoms with Gasteiger partial charge < -0.3 is 5.32 Å². The maximum atomic E-state index is 12.1.